The van der Waals surface area contributed by atoms with Gasteiger partial charge in [0.15, 0.2) is 0 Å². The minimum absolute atomic E-state index is 0.454. The fourth-order valence-electron chi connectivity index (χ4n) is 4.29. The van der Waals surface area contributed by atoms with E-state index in [1.807, 2.05) is 0 Å². The summed E-state index contributed by atoms with van der Waals surface area (Å²) in [6.07, 6.45) is 9.59. The van der Waals surface area contributed by atoms with Crippen LogP contribution < -0.4 is 5.73 Å². The molecule has 1 saturated carbocycles. The summed E-state index contributed by atoms with van der Waals surface area (Å²) in [5.41, 5.74) is 6.42. The van der Waals surface area contributed by atoms with Crippen molar-refractivity contribution in [3.05, 3.63) is 0 Å². The lowest BCUT2D eigenvalue weighted by atomic mass is 9.73. The van der Waals surface area contributed by atoms with E-state index in [9.17, 15) is 0 Å². The van der Waals surface area contributed by atoms with E-state index in [0.717, 1.165) is 23.7 Å². The summed E-state index contributed by atoms with van der Waals surface area (Å²) >= 11 is 0. The van der Waals surface area contributed by atoms with E-state index in [0.29, 0.717) is 6.04 Å². The maximum atomic E-state index is 6.42. The third-order valence-corrected chi connectivity index (χ3v) is 6.03. The number of hydrogen-bond donors (Lipinski definition) is 1. The van der Waals surface area contributed by atoms with Crippen molar-refractivity contribution in [1.29, 1.82) is 0 Å². The number of rotatable bonds is 4. The molecule has 4 unspecified atom stereocenters. The van der Waals surface area contributed by atoms with Gasteiger partial charge in [-0.1, -0.05) is 27.2 Å². The quantitative estimate of drug-likeness (QED) is 0.846. The molecule has 20 heavy (non-hydrogen) atoms. The first-order valence-corrected chi connectivity index (χ1v) is 9.08. The molecule has 1 aliphatic carbocycles. The zero-order chi connectivity index (χ0) is 14.5. The van der Waals surface area contributed by atoms with Crippen LogP contribution in [0.4, 0.5) is 0 Å². The Hall–Kier alpha value is -0.0800. The summed E-state index contributed by atoms with van der Waals surface area (Å²) in [5, 5.41) is 0. The van der Waals surface area contributed by atoms with Crippen molar-refractivity contribution in [2.75, 3.05) is 19.6 Å². The van der Waals surface area contributed by atoms with Crippen molar-refractivity contribution in [2.45, 2.75) is 71.8 Å². The first-order valence-electron chi connectivity index (χ1n) is 9.08. The van der Waals surface area contributed by atoms with Gasteiger partial charge >= 0.3 is 0 Å². The van der Waals surface area contributed by atoms with Gasteiger partial charge in [0.1, 0.15) is 0 Å². The normalized spacial score (nSPS) is 37.0. The molecule has 2 heteroatoms. The maximum Gasteiger partial charge on any atom is 0.00795 e. The van der Waals surface area contributed by atoms with E-state index >= 15 is 0 Å². The van der Waals surface area contributed by atoms with Gasteiger partial charge in [0, 0.05) is 12.6 Å². The molecule has 0 aromatic heterocycles. The summed E-state index contributed by atoms with van der Waals surface area (Å²) in [7, 11) is 0. The average molecular weight is 281 g/mol. The monoisotopic (exact) mass is 280 g/mol. The van der Waals surface area contributed by atoms with Crippen LogP contribution in [0.2, 0.25) is 0 Å². The second kappa shape index (κ2) is 7.79. The van der Waals surface area contributed by atoms with Gasteiger partial charge in [0.25, 0.3) is 0 Å². The molecule has 2 fully saturated rings. The smallest absolute Gasteiger partial charge is 0.00795 e. The second-order valence-corrected chi connectivity index (χ2v) is 7.75. The molecule has 1 aliphatic heterocycles. The van der Waals surface area contributed by atoms with Crippen molar-refractivity contribution in [2.24, 2.45) is 29.4 Å². The van der Waals surface area contributed by atoms with Crippen LogP contribution in [0, 0.1) is 23.7 Å². The molecular formula is C18H36N2. The van der Waals surface area contributed by atoms with Crippen molar-refractivity contribution in [1.82, 2.24) is 4.90 Å². The molecule has 0 spiro atoms. The van der Waals surface area contributed by atoms with Gasteiger partial charge in [-0.05, 0) is 75.3 Å². The van der Waals surface area contributed by atoms with Crippen molar-refractivity contribution in [3.8, 4) is 0 Å². The molecule has 4 atom stereocenters. The van der Waals surface area contributed by atoms with Gasteiger partial charge < -0.3 is 10.6 Å². The molecular weight excluding hydrogens is 244 g/mol. The lowest BCUT2D eigenvalue weighted by molar-refractivity contribution is 0.138. The standard InChI is InChI=1S/C18H36N2/c1-4-15-6-5-10-20(11-9-15)13-17-12-16(14(2)3)7-8-18(17)19/h14-18H,4-13,19H2,1-3H3. The van der Waals surface area contributed by atoms with Crippen LogP contribution in [0.5, 0.6) is 0 Å². The minimum atomic E-state index is 0.454. The molecule has 0 radical (unpaired) electrons. The summed E-state index contributed by atoms with van der Waals surface area (Å²) < 4.78 is 0. The Balaban J connectivity index is 1.84. The molecule has 2 aliphatic rings. The highest BCUT2D eigenvalue weighted by Gasteiger charge is 2.31. The highest BCUT2D eigenvalue weighted by atomic mass is 15.1. The molecule has 1 heterocycles. The highest BCUT2D eigenvalue weighted by molar-refractivity contribution is 4.86. The Morgan fingerprint density at radius 1 is 1.10 bits per heavy atom. The number of nitrogens with two attached hydrogens (primary N) is 1. The second-order valence-electron chi connectivity index (χ2n) is 7.75. The van der Waals surface area contributed by atoms with Crippen molar-refractivity contribution in [3.63, 3.8) is 0 Å². The van der Waals surface area contributed by atoms with Gasteiger partial charge in [-0.25, -0.2) is 0 Å². The lowest BCUT2D eigenvalue weighted by Gasteiger charge is -2.38. The molecule has 0 bridgehead atoms. The Bertz CT molecular complexity index is 277. The Morgan fingerprint density at radius 3 is 2.60 bits per heavy atom. The predicted octanol–water partition coefficient (Wildman–Crippen LogP) is 3.90. The van der Waals surface area contributed by atoms with E-state index in [1.165, 1.54) is 64.6 Å². The van der Waals surface area contributed by atoms with E-state index in [-0.39, 0.29) is 0 Å². The molecule has 1 saturated heterocycles. The summed E-state index contributed by atoms with van der Waals surface area (Å²) in [4.78, 5) is 2.73. The topological polar surface area (TPSA) is 29.3 Å². The van der Waals surface area contributed by atoms with Gasteiger partial charge in [0.2, 0.25) is 0 Å². The average Bonchev–Trinajstić information content (AvgIpc) is 2.66. The molecule has 0 aromatic rings. The van der Waals surface area contributed by atoms with E-state index in [2.05, 4.69) is 25.7 Å². The SMILES string of the molecule is CCC1CCCN(CC2CC(C(C)C)CCC2N)CC1. The largest absolute Gasteiger partial charge is 0.327 e. The Morgan fingerprint density at radius 2 is 1.90 bits per heavy atom. The van der Waals surface area contributed by atoms with E-state index in [4.69, 9.17) is 5.73 Å². The van der Waals surface area contributed by atoms with Gasteiger partial charge in [-0.15, -0.1) is 0 Å². The Labute approximate surface area is 126 Å². The third-order valence-electron chi connectivity index (χ3n) is 6.03. The highest BCUT2D eigenvalue weighted by Crippen LogP contribution is 2.34. The predicted molar refractivity (Wildman–Crippen MR) is 87.7 cm³/mol. The lowest BCUT2D eigenvalue weighted by Crippen LogP contribution is -2.44. The van der Waals surface area contributed by atoms with Crippen molar-refractivity contribution < 1.29 is 0 Å². The molecule has 2 nitrogen and oxygen atoms in total. The fourth-order valence-corrected chi connectivity index (χ4v) is 4.29. The molecule has 2 N–H and O–H groups in total. The zero-order valence-electron chi connectivity index (χ0n) is 14.0. The van der Waals surface area contributed by atoms with Crippen LogP contribution >= 0.6 is 0 Å². The molecule has 0 aromatic carbocycles. The third kappa shape index (κ3) is 4.46. The molecule has 2 rings (SSSR count). The van der Waals surface area contributed by atoms with Crippen LogP contribution in [0.25, 0.3) is 0 Å². The van der Waals surface area contributed by atoms with Crippen LogP contribution in [0.15, 0.2) is 0 Å². The van der Waals surface area contributed by atoms with Gasteiger partial charge in [-0.3, -0.25) is 0 Å². The van der Waals surface area contributed by atoms with Crippen LogP contribution in [-0.4, -0.2) is 30.6 Å². The first-order chi connectivity index (χ1) is 9.60. The minimum Gasteiger partial charge on any atom is -0.327 e. The van der Waals surface area contributed by atoms with Gasteiger partial charge in [-0.2, -0.15) is 0 Å². The van der Waals surface area contributed by atoms with E-state index in [1.54, 1.807) is 0 Å². The number of hydrogen-bond acceptors (Lipinski definition) is 2. The first kappa shape index (κ1) is 16.3. The maximum absolute atomic E-state index is 6.42. The van der Waals surface area contributed by atoms with Crippen LogP contribution in [0.1, 0.15) is 65.7 Å². The van der Waals surface area contributed by atoms with Crippen LogP contribution in [-0.2, 0) is 0 Å². The Kier molecular flexibility index (Phi) is 6.35. The van der Waals surface area contributed by atoms with Gasteiger partial charge in [0.05, 0.1) is 0 Å². The summed E-state index contributed by atoms with van der Waals surface area (Å²) in [6, 6.07) is 0.454. The summed E-state index contributed by atoms with van der Waals surface area (Å²) in [5.74, 6) is 3.46. The zero-order valence-corrected chi connectivity index (χ0v) is 14.0. The molecule has 0 amide bonds. The van der Waals surface area contributed by atoms with E-state index < -0.39 is 0 Å². The summed E-state index contributed by atoms with van der Waals surface area (Å²) in [6.45, 7) is 11.0. The number of likely N-dealkylation sites (tertiary alicyclic amines) is 1. The number of nitrogens with zero attached hydrogens (tertiary/aromatic N) is 1. The van der Waals surface area contributed by atoms with Crippen LogP contribution in [0.3, 0.4) is 0 Å². The molecule has 118 valence electrons. The fraction of sp³-hybridized carbons (Fsp3) is 1.00. The van der Waals surface area contributed by atoms with Crippen molar-refractivity contribution >= 4 is 0 Å².